The van der Waals surface area contributed by atoms with Crippen LogP contribution >= 0.6 is 0 Å². The number of aliphatic imine (C=N–C) groups is 1. The van der Waals surface area contributed by atoms with E-state index in [0.29, 0.717) is 17.0 Å². The summed E-state index contributed by atoms with van der Waals surface area (Å²) in [6.07, 6.45) is 0.0908. The molecule has 1 aliphatic heterocycles. The molecule has 0 amide bonds. The van der Waals surface area contributed by atoms with Gasteiger partial charge in [-0.3, -0.25) is 0 Å². The van der Waals surface area contributed by atoms with Crippen LogP contribution in [0.3, 0.4) is 0 Å². The van der Waals surface area contributed by atoms with Crippen LogP contribution in [0.4, 0.5) is 5.82 Å². The highest BCUT2D eigenvalue weighted by molar-refractivity contribution is 5.70. The Bertz CT molecular complexity index is 757. The molecule has 2 aromatic rings. The minimum atomic E-state index is -1.56. The quantitative estimate of drug-likeness (QED) is 0.509. The number of hydrogen-bond acceptors (Lipinski definition) is 7. The monoisotopic (exact) mass is 335 g/mol. The van der Waals surface area contributed by atoms with Crippen LogP contribution in [0.1, 0.15) is 18.7 Å². The molecule has 0 aromatic carbocycles. The fraction of sp³-hybridized carbons (Fsp3) is 0.533. The third-order valence-corrected chi connectivity index (χ3v) is 4.11. The number of hydrogen-bond donors (Lipinski definition) is 3. The topological polar surface area (TPSA) is 116 Å². The molecule has 0 saturated carbocycles. The summed E-state index contributed by atoms with van der Waals surface area (Å²) < 4.78 is 7.22. The van der Waals surface area contributed by atoms with E-state index in [-0.39, 0.29) is 6.61 Å². The van der Waals surface area contributed by atoms with Crippen LogP contribution < -0.4 is 0 Å². The molecular formula is C15H21N5O4. The Morgan fingerprint density at radius 1 is 1.46 bits per heavy atom. The maximum Gasteiger partial charge on any atom is 0.181 e. The third-order valence-electron chi connectivity index (χ3n) is 4.11. The van der Waals surface area contributed by atoms with E-state index < -0.39 is 23.9 Å². The van der Waals surface area contributed by atoms with Crippen LogP contribution in [0.25, 0.3) is 5.52 Å². The molecule has 9 heteroatoms. The summed E-state index contributed by atoms with van der Waals surface area (Å²) in [4.78, 5) is 10.2. The lowest BCUT2D eigenvalue weighted by atomic mass is 9.91. The Morgan fingerprint density at radius 3 is 2.83 bits per heavy atom. The van der Waals surface area contributed by atoms with E-state index in [1.807, 2.05) is 14.1 Å². The Morgan fingerprint density at radius 2 is 2.21 bits per heavy atom. The Kier molecular flexibility index (Phi) is 4.26. The van der Waals surface area contributed by atoms with Crippen molar-refractivity contribution < 1.29 is 20.1 Å². The van der Waals surface area contributed by atoms with Crippen molar-refractivity contribution in [1.82, 2.24) is 19.5 Å². The van der Waals surface area contributed by atoms with Gasteiger partial charge in [0.1, 0.15) is 35.8 Å². The molecule has 24 heavy (non-hydrogen) atoms. The fourth-order valence-electron chi connectivity index (χ4n) is 2.84. The fourth-order valence-corrected chi connectivity index (χ4v) is 2.84. The number of aliphatic hydroxyl groups is 3. The molecule has 0 unspecified atom stereocenters. The van der Waals surface area contributed by atoms with Crippen LogP contribution in [-0.4, -0.2) is 79.7 Å². The Hall–Kier alpha value is -2.07. The first-order valence-corrected chi connectivity index (χ1v) is 7.56. The molecule has 0 radical (unpaired) electrons. The molecule has 1 saturated heterocycles. The zero-order chi connectivity index (χ0) is 17.5. The van der Waals surface area contributed by atoms with Crippen molar-refractivity contribution in [3.8, 4) is 0 Å². The van der Waals surface area contributed by atoms with Crippen molar-refractivity contribution in [3.05, 3.63) is 24.2 Å². The molecule has 1 aliphatic rings. The number of aromatic nitrogens is 3. The zero-order valence-corrected chi connectivity index (χ0v) is 13.7. The summed E-state index contributed by atoms with van der Waals surface area (Å²) in [5.74, 6) is 0.474. The van der Waals surface area contributed by atoms with Crippen LogP contribution in [0.2, 0.25) is 0 Å². The predicted octanol–water partition coefficient (Wildman–Crippen LogP) is -0.505. The molecular weight excluding hydrogens is 314 g/mol. The largest absolute Gasteiger partial charge is 0.394 e. The molecule has 130 valence electrons. The molecule has 0 aliphatic carbocycles. The Balaban J connectivity index is 2.04. The molecule has 0 spiro atoms. The molecule has 9 nitrogen and oxygen atoms in total. The summed E-state index contributed by atoms with van der Waals surface area (Å²) in [6.45, 7) is 1.09. The van der Waals surface area contributed by atoms with E-state index >= 15 is 0 Å². The summed E-state index contributed by atoms with van der Waals surface area (Å²) in [7, 11) is 3.71. The second kappa shape index (κ2) is 6.10. The first-order valence-electron chi connectivity index (χ1n) is 7.56. The average Bonchev–Trinajstić information content (AvgIpc) is 3.05. The lowest BCUT2D eigenvalue weighted by molar-refractivity contribution is -0.0664. The lowest BCUT2D eigenvalue weighted by Crippen LogP contribution is -2.43. The molecule has 3 rings (SSSR count). The highest BCUT2D eigenvalue weighted by Gasteiger charge is 2.53. The summed E-state index contributed by atoms with van der Waals surface area (Å²) in [6, 6.07) is 3.51. The van der Waals surface area contributed by atoms with Crippen molar-refractivity contribution in [2.75, 3.05) is 20.7 Å². The maximum absolute atomic E-state index is 10.6. The van der Waals surface area contributed by atoms with Gasteiger partial charge >= 0.3 is 0 Å². The van der Waals surface area contributed by atoms with Crippen molar-refractivity contribution >= 4 is 17.7 Å². The van der Waals surface area contributed by atoms with E-state index in [1.54, 1.807) is 27.9 Å². The number of nitrogens with zero attached hydrogens (tertiary/aromatic N) is 5. The van der Waals surface area contributed by atoms with Crippen molar-refractivity contribution in [1.29, 1.82) is 0 Å². The molecule has 3 N–H and O–H groups in total. The number of fused-ring (bicyclic) bond motifs is 1. The standard InChI is InChI=1S/C15H21N5O4/c1-15(23)12(22)11(6-21)24-13(15)9-4-5-10-14(17-8-19(2)3)16-7-18-20(9)10/h4-5,7-8,11-13,21-23H,6H2,1-3H3/t11-,12-,13+,15-/m1/s1. The van der Waals surface area contributed by atoms with Crippen LogP contribution in [-0.2, 0) is 4.74 Å². The highest BCUT2D eigenvalue weighted by Crippen LogP contribution is 2.42. The van der Waals surface area contributed by atoms with Crippen LogP contribution in [0.5, 0.6) is 0 Å². The van der Waals surface area contributed by atoms with Gasteiger partial charge in [0.05, 0.1) is 18.6 Å². The first kappa shape index (κ1) is 16.8. The van der Waals surface area contributed by atoms with Crippen molar-refractivity contribution in [2.45, 2.75) is 30.8 Å². The minimum Gasteiger partial charge on any atom is -0.394 e. The van der Waals surface area contributed by atoms with Gasteiger partial charge < -0.3 is 25.0 Å². The maximum atomic E-state index is 10.6. The predicted molar refractivity (Wildman–Crippen MR) is 86.2 cm³/mol. The minimum absolute atomic E-state index is 0.384. The SMILES string of the molecule is CN(C)C=Nc1ncnn2c([C@@H]3O[C@H](CO)[C@@H](O)[C@@]3(C)O)ccc12. The highest BCUT2D eigenvalue weighted by atomic mass is 16.6. The van der Waals surface area contributed by atoms with Gasteiger partial charge in [-0.05, 0) is 19.1 Å². The number of ether oxygens (including phenoxy) is 1. The lowest BCUT2D eigenvalue weighted by Gasteiger charge is -2.26. The number of rotatable bonds is 4. The first-order chi connectivity index (χ1) is 11.4. The van der Waals surface area contributed by atoms with Gasteiger partial charge in [-0.25, -0.2) is 14.5 Å². The van der Waals surface area contributed by atoms with Gasteiger partial charge in [0, 0.05) is 14.1 Å². The van der Waals surface area contributed by atoms with Crippen molar-refractivity contribution in [3.63, 3.8) is 0 Å². The van der Waals surface area contributed by atoms with Gasteiger partial charge in [0.2, 0.25) is 0 Å². The summed E-state index contributed by atoms with van der Waals surface area (Å²) in [5, 5.41) is 34.3. The zero-order valence-electron chi connectivity index (χ0n) is 13.7. The molecule has 1 fully saturated rings. The second-order valence-corrected chi connectivity index (χ2v) is 6.25. The normalized spacial score (nSPS) is 30.5. The molecule has 2 aromatic heterocycles. The number of aliphatic hydroxyl groups excluding tert-OH is 2. The van der Waals surface area contributed by atoms with Crippen LogP contribution in [0.15, 0.2) is 23.5 Å². The van der Waals surface area contributed by atoms with E-state index in [1.165, 1.54) is 13.3 Å². The van der Waals surface area contributed by atoms with E-state index in [2.05, 4.69) is 15.1 Å². The molecule has 3 heterocycles. The van der Waals surface area contributed by atoms with Crippen LogP contribution in [0, 0.1) is 0 Å². The van der Waals surface area contributed by atoms with E-state index in [9.17, 15) is 15.3 Å². The van der Waals surface area contributed by atoms with Crippen molar-refractivity contribution in [2.24, 2.45) is 4.99 Å². The van der Waals surface area contributed by atoms with E-state index in [4.69, 9.17) is 4.74 Å². The smallest absolute Gasteiger partial charge is 0.181 e. The summed E-state index contributed by atoms with van der Waals surface area (Å²) in [5.41, 5.74) is -0.361. The molecule has 4 atom stereocenters. The Labute approximate surface area is 138 Å². The van der Waals surface area contributed by atoms with Gasteiger partial charge in [0.25, 0.3) is 0 Å². The second-order valence-electron chi connectivity index (χ2n) is 6.25. The van der Waals surface area contributed by atoms with E-state index in [0.717, 1.165) is 0 Å². The summed E-state index contributed by atoms with van der Waals surface area (Å²) >= 11 is 0. The van der Waals surface area contributed by atoms with Gasteiger partial charge in [-0.2, -0.15) is 5.10 Å². The average molecular weight is 335 g/mol. The third kappa shape index (κ3) is 2.65. The van der Waals surface area contributed by atoms with Gasteiger partial charge in [-0.1, -0.05) is 0 Å². The van der Waals surface area contributed by atoms with Gasteiger partial charge in [0.15, 0.2) is 5.82 Å². The molecule has 0 bridgehead atoms. The van der Waals surface area contributed by atoms with Gasteiger partial charge in [-0.15, -0.1) is 0 Å².